The molecule has 0 unspecified atom stereocenters. The van der Waals surface area contributed by atoms with Crippen molar-refractivity contribution >= 4 is 27.5 Å². The lowest BCUT2D eigenvalue weighted by Gasteiger charge is -2.33. The zero-order valence-corrected chi connectivity index (χ0v) is 18.4. The smallest absolute Gasteiger partial charge is 0.293 e. The maximum absolute atomic E-state index is 13.5. The molecule has 8 nitrogen and oxygen atoms in total. The van der Waals surface area contributed by atoms with E-state index in [2.05, 4.69) is 10.1 Å². The molecule has 168 valence electrons. The molecule has 32 heavy (non-hydrogen) atoms. The molecule has 1 saturated heterocycles. The van der Waals surface area contributed by atoms with Gasteiger partial charge in [0.1, 0.15) is 5.82 Å². The molecule has 1 aliphatic heterocycles. The van der Waals surface area contributed by atoms with Gasteiger partial charge in [-0.05, 0) is 37.3 Å². The quantitative estimate of drug-likeness (QED) is 0.571. The van der Waals surface area contributed by atoms with Crippen molar-refractivity contribution < 1.29 is 22.0 Å². The van der Waals surface area contributed by atoms with Gasteiger partial charge in [0.25, 0.3) is 5.91 Å². The first-order valence-electron chi connectivity index (χ1n) is 9.61. The highest BCUT2D eigenvalue weighted by Crippen LogP contribution is 2.22. The third-order valence-corrected chi connectivity index (χ3v) is 7.31. The van der Waals surface area contributed by atoms with Crippen LogP contribution in [0.1, 0.15) is 16.4 Å². The van der Waals surface area contributed by atoms with Gasteiger partial charge in [-0.15, -0.1) is 5.10 Å². The number of aromatic nitrogens is 3. The molecule has 0 spiro atoms. The summed E-state index contributed by atoms with van der Waals surface area (Å²) in [6, 6.07) is 9.45. The summed E-state index contributed by atoms with van der Waals surface area (Å²) in [6.07, 6.45) is 0. The molecule has 2 heterocycles. The highest BCUT2D eigenvalue weighted by atomic mass is 35.5. The van der Waals surface area contributed by atoms with Gasteiger partial charge in [-0.25, -0.2) is 26.9 Å². The van der Waals surface area contributed by atoms with E-state index in [1.54, 1.807) is 31.2 Å². The third-order valence-electron chi connectivity index (χ3n) is 5.10. The van der Waals surface area contributed by atoms with Crippen LogP contribution in [0.3, 0.4) is 0 Å². The lowest BCUT2D eigenvalue weighted by atomic mass is 10.3. The molecule has 3 aromatic rings. The minimum absolute atomic E-state index is 0.00271. The number of hydrogen-bond acceptors (Lipinski definition) is 5. The number of aryl methyl sites for hydroxylation is 1. The number of sulfonamides is 1. The number of carbonyl (C=O) groups excluding carboxylic acids is 1. The summed E-state index contributed by atoms with van der Waals surface area (Å²) in [6.45, 7) is 1.89. The van der Waals surface area contributed by atoms with Crippen molar-refractivity contribution in [3.8, 4) is 5.69 Å². The average molecular weight is 482 g/mol. The topological polar surface area (TPSA) is 88.4 Å². The molecule has 0 saturated carbocycles. The number of para-hydroxylation sites is 1. The van der Waals surface area contributed by atoms with E-state index in [9.17, 15) is 22.0 Å². The Balaban J connectivity index is 1.48. The number of nitrogens with zero attached hydrogens (tertiary/aromatic N) is 5. The summed E-state index contributed by atoms with van der Waals surface area (Å²) in [5.41, 5.74) is 0.584. The van der Waals surface area contributed by atoms with Crippen LogP contribution < -0.4 is 0 Å². The summed E-state index contributed by atoms with van der Waals surface area (Å²) in [5.74, 6) is -2.36. The van der Waals surface area contributed by atoms with Crippen LogP contribution in [0.4, 0.5) is 8.78 Å². The second-order valence-corrected chi connectivity index (χ2v) is 9.46. The SMILES string of the molecule is Cc1nc(C(=O)N2CCN(S(=O)(=O)c3ccc(F)c(F)c3)CC2)nn1-c1ccccc1Cl. The van der Waals surface area contributed by atoms with Gasteiger partial charge in [-0.2, -0.15) is 4.31 Å². The van der Waals surface area contributed by atoms with Crippen LogP contribution in [-0.4, -0.2) is 64.5 Å². The number of piperazine rings is 1. The van der Waals surface area contributed by atoms with Crippen molar-refractivity contribution in [1.82, 2.24) is 24.0 Å². The van der Waals surface area contributed by atoms with Crippen LogP contribution in [0.5, 0.6) is 0 Å². The Hall–Kier alpha value is -2.89. The Bertz CT molecular complexity index is 1290. The Morgan fingerprint density at radius 3 is 2.38 bits per heavy atom. The van der Waals surface area contributed by atoms with E-state index in [-0.39, 0.29) is 36.9 Å². The highest BCUT2D eigenvalue weighted by Gasteiger charge is 2.32. The Morgan fingerprint density at radius 1 is 1.03 bits per heavy atom. The second-order valence-electron chi connectivity index (χ2n) is 7.12. The molecule has 12 heteroatoms. The van der Waals surface area contributed by atoms with Crippen molar-refractivity contribution in [2.75, 3.05) is 26.2 Å². The van der Waals surface area contributed by atoms with Crippen molar-refractivity contribution in [2.24, 2.45) is 0 Å². The van der Waals surface area contributed by atoms with Gasteiger partial charge in [0.05, 0.1) is 15.6 Å². The Kier molecular flexibility index (Phi) is 5.97. The van der Waals surface area contributed by atoms with Crippen LogP contribution in [-0.2, 0) is 10.0 Å². The summed E-state index contributed by atoms with van der Waals surface area (Å²) in [4.78, 5) is 18.2. The minimum atomic E-state index is -4.02. The number of amides is 1. The largest absolute Gasteiger partial charge is 0.333 e. The first-order chi connectivity index (χ1) is 15.2. The number of carbonyl (C=O) groups is 1. The number of hydrogen-bond donors (Lipinski definition) is 0. The van der Waals surface area contributed by atoms with Gasteiger partial charge in [0.15, 0.2) is 11.6 Å². The Morgan fingerprint density at radius 2 is 1.72 bits per heavy atom. The molecule has 0 aliphatic carbocycles. The molecular weight excluding hydrogens is 464 g/mol. The lowest BCUT2D eigenvalue weighted by Crippen LogP contribution is -2.50. The van der Waals surface area contributed by atoms with Crippen molar-refractivity contribution in [3.05, 3.63) is 70.8 Å². The van der Waals surface area contributed by atoms with Crippen molar-refractivity contribution in [3.63, 3.8) is 0 Å². The fourth-order valence-corrected chi connectivity index (χ4v) is 5.04. The van der Waals surface area contributed by atoms with Gasteiger partial charge in [-0.3, -0.25) is 4.79 Å². The highest BCUT2D eigenvalue weighted by molar-refractivity contribution is 7.89. The standard InChI is InChI=1S/C20H18ClF2N5O3S/c1-13-24-19(25-28(13)18-5-3-2-4-15(18)21)20(29)26-8-10-27(11-9-26)32(30,31)14-6-7-16(22)17(23)12-14/h2-7,12H,8-11H2,1H3. The van der Waals surface area contributed by atoms with Crippen LogP contribution in [0.25, 0.3) is 5.69 Å². The van der Waals surface area contributed by atoms with Crippen LogP contribution in [0, 0.1) is 18.6 Å². The van der Waals surface area contributed by atoms with Gasteiger partial charge in [0, 0.05) is 26.2 Å². The van der Waals surface area contributed by atoms with Crippen LogP contribution in [0.15, 0.2) is 47.4 Å². The molecule has 2 aromatic carbocycles. The average Bonchev–Trinajstić information content (AvgIpc) is 3.16. The van der Waals surface area contributed by atoms with E-state index in [0.29, 0.717) is 22.6 Å². The fourth-order valence-electron chi connectivity index (χ4n) is 3.39. The molecule has 0 bridgehead atoms. The van der Waals surface area contributed by atoms with Crippen LogP contribution >= 0.6 is 11.6 Å². The monoisotopic (exact) mass is 481 g/mol. The van der Waals surface area contributed by atoms with Crippen molar-refractivity contribution in [2.45, 2.75) is 11.8 Å². The molecular formula is C20H18ClF2N5O3S. The summed E-state index contributed by atoms with van der Waals surface area (Å²) < 4.78 is 54.7. The predicted molar refractivity (Wildman–Crippen MR) is 112 cm³/mol. The summed E-state index contributed by atoms with van der Waals surface area (Å²) in [5, 5.41) is 4.72. The van der Waals surface area contributed by atoms with E-state index in [4.69, 9.17) is 11.6 Å². The molecule has 1 aliphatic rings. The molecule has 1 amide bonds. The molecule has 0 atom stereocenters. The molecule has 4 rings (SSSR count). The molecule has 1 aromatic heterocycles. The van der Waals surface area contributed by atoms with Gasteiger partial charge < -0.3 is 4.90 Å². The van der Waals surface area contributed by atoms with E-state index >= 15 is 0 Å². The van der Waals surface area contributed by atoms with E-state index in [1.807, 2.05) is 0 Å². The second kappa shape index (κ2) is 8.57. The molecule has 0 radical (unpaired) electrons. The zero-order valence-electron chi connectivity index (χ0n) is 16.9. The normalized spacial score (nSPS) is 15.2. The summed E-state index contributed by atoms with van der Waals surface area (Å²) >= 11 is 6.21. The predicted octanol–water partition coefficient (Wildman–Crippen LogP) is 2.65. The summed E-state index contributed by atoms with van der Waals surface area (Å²) in [7, 11) is -4.02. The van der Waals surface area contributed by atoms with Gasteiger partial charge in [0.2, 0.25) is 15.8 Å². The number of rotatable bonds is 4. The fraction of sp³-hybridized carbons (Fsp3) is 0.250. The Labute approximate surface area is 188 Å². The number of halogens is 3. The molecule has 1 fully saturated rings. The van der Waals surface area contributed by atoms with E-state index in [0.717, 1.165) is 16.4 Å². The zero-order chi connectivity index (χ0) is 23.0. The van der Waals surface area contributed by atoms with Gasteiger partial charge in [-0.1, -0.05) is 23.7 Å². The van der Waals surface area contributed by atoms with Crippen molar-refractivity contribution in [1.29, 1.82) is 0 Å². The van der Waals surface area contributed by atoms with Crippen LogP contribution in [0.2, 0.25) is 5.02 Å². The van der Waals surface area contributed by atoms with E-state index < -0.39 is 27.6 Å². The van der Waals surface area contributed by atoms with E-state index in [1.165, 1.54) is 9.58 Å². The lowest BCUT2D eigenvalue weighted by molar-refractivity contribution is 0.0685. The maximum Gasteiger partial charge on any atom is 0.293 e. The third kappa shape index (κ3) is 4.10. The first kappa shape index (κ1) is 22.3. The number of benzene rings is 2. The molecule has 0 N–H and O–H groups in total. The minimum Gasteiger partial charge on any atom is -0.333 e. The maximum atomic E-state index is 13.5. The first-order valence-corrected chi connectivity index (χ1v) is 11.4. The van der Waals surface area contributed by atoms with Gasteiger partial charge >= 0.3 is 0 Å².